The zero-order valence-electron chi connectivity index (χ0n) is 22.5. The van der Waals surface area contributed by atoms with Gasteiger partial charge in [-0.15, -0.1) is 0 Å². The summed E-state index contributed by atoms with van der Waals surface area (Å²) in [5.41, 5.74) is 6.21. The third-order valence-corrected chi connectivity index (χ3v) is 7.39. The van der Waals surface area contributed by atoms with E-state index in [4.69, 9.17) is 4.74 Å². The largest absolute Gasteiger partial charge is 0.381 e. The number of anilines is 1. The molecule has 2 aliphatic heterocycles. The molecule has 0 aromatic carbocycles. The van der Waals surface area contributed by atoms with E-state index in [0.717, 1.165) is 23.7 Å². The predicted molar refractivity (Wildman–Crippen MR) is 142 cm³/mol. The number of carbonyl (C=O) groups is 1. The maximum absolute atomic E-state index is 13.2. The molecule has 0 saturated carbocycles. The first-order valence-corrected chi connectivity index (χ1v) is 13.1. The molecular weight excluding hydrogens is 503 g/mol. The van der Waals surface area contributed by atoms with E-state index in [-0.39, 0.29) is 24.7 Å². The van der Waals surface area contributed by atoms with Crippen molar-refractivity contribution in [2.75, 3.05) is 11.9 Å². The molecule has 5 rings (SSSR count). The van der Waals surface area contributed by atoms with Gasteiger partial charge in [-0.2, -0.15) is 5.10 Å². The molecule has 2 aliphatic rings. The second-order valence-electron chi connectivity index (χ2n) is 10.8. The first-order chi connectivity index (χ1) is 18.5. The average Bonchev–Trinajstić information content (AvgIpc) is 3.53. The molecule has 5 atom stereocenters. The van der Waals surface area contributed by atoms with Gasteiger partial charge >= 0.3 is 0 Å². The molecule has 11 nitrogen and oxygen atoms in total. The van der Waals surface area contributed by atoms with Gasteiger partial charge in [0.05, 0.1) is 36.9 Å². The monoisotopic (exact) mass is 538 g/mol. The number of hydrogen-bond acceptors (Lipinski definition) is 9. The third kappa shape index (κ3) is 5.93. The summed E-state index contributed by atoms with van der Waals surface area (Å²) in [6.07, 6.45) is 5.54. The number of hydrazine groups is 1. The molecular formula is C27H35FN8O3. The quantitative estimate of drug-likeness (QED) is 0.307. The molecule has 2 fully saturated rings. The summed E-state index contributed by atoms with van der Waals surface area (Å²) in [4.78, 5) is 22.2. The highest BCUT2D eigenvalue weighted by atomic mass is 19.1. The maximum atomic E-state index is 13.2. The molecule has 208 valence electrons. The Kier molecular flexibility index (Phi) is 7.38. The number of nitrogens with zero attached hydrogens (tertiary/aromatic N) is 4. The molecule has 1 amide bonds. The molecule has 3 aromatic rings. The van der Waals surface area contributed by atoms with Crippen molar-refractivity contribution in [2.45, 2.75) is 76.4 Å². The fourth-order valence-electron chi connectivity index (χ4n) is 4.86. The zero-order chi connectivity index (χ0) is 27.8. The van der Waals surface area contributed by atoms with Gasteiger partial charge < -0.3 is 20.5 Å². The fraction of sp³-hybridized carbons (Fsp3) is 0.481. The lowest BCUT2D eigenvalue weighted by Crippen LogP contribution is -2.54. The Bertz CT molecular complexity index is 1320. The summed E-state index contributed by atoms with van der Waals surface area (Å²) >= 11 is 0. The Morgan fingerprint density at radius 3 is 2.72 bits per heavy atom. The van der Waals surface area contributed by atoms with Crippen molar-refractivity contribution in [1.82, 2.24) is 35.9 Å². The van der Waals surface area contributed by atoms with Gasteiger partial charge in [0.2, 0.25) is 0 Å². The van der Waals surface area contributed by atoms with Crippen molar-refractivity contribution in [2.24, 2.45) is 0 Å². The van der Waals surface area contributed by atoms with Crippen molar-refractivity contribution >= 4 is 11.7 Å². The molecule has 2 saturated heterocycles. The molecule has 0 spiro atoms. The highest BCUT2D eigenvalue weighted by Gasteiger charge is 2.46. The van der Waals surface area contributed by atoms with Gasteiger partial charge in [-0.3, -0.25) is 10.2 Å². The van der Waals surface area contributed by atoms with Gasteiger partial charge in [0, 0.05) is 12.2 Å². The van der Waals surface area contributed by atoms with Crippen LogP contribution in [0.5, 0.6) is 0 Å². The van der Waals surface area contributed by atoms with E-state index in [2.05, 4.69) is 43.5 Å². The second-order valence-corrected chi connectivity index (χ2v) is 10.8. The summed E-state index contributed by atoms with van der Waals surface area (Å²) in [7, 11) is 0. The lowest BCUT2D eigenvalue weighted by atomic mass is 9.84. The van der Waals surface area contributed by atoms with Crippen LogP contribution in [-0.2, 0) is 15.1 Å². The highest BCUT2D eigenvalue weighted by Crippen LogP contribution is 2.37. The molecule has 0 aliphatic carbocycles. The minimum atomic E-state index is -1.31. The van der Waals surface area contributed by atoms with E-state index in [1.165, 1.54) is 10.9 Å². The van der Waals surface area contributed by atoms with Crippen LogP contribution in [0.1, 0.15) is 62.9 Å². The molecule has 0 radical (unpaired) electrons. The minimum absolute atomic E-state index is 0.0355. The number of carbonyl (C=O) groups excluding carboxylic acids is 1. The average molecular weight is 539 g/mol. The molecule has 0 bridgehead atoms. The second kappa shape index (κ2) is 10.6. The van der Waals surface area contributed by atoms with Gasteiger partial charge in [-0.25, -0.2) is 24.5 Å². The van der Waals surface area contributed by atoms with Crippen molar-refractivity contribution < 1.29 is 19.0 Å². The van der Waals surface area contributed by atoms with Crippen LogP contribution in [0.2, 0.25) is 0 Å². The van der Waals surface area contributed by atoms with Gasteiger partial charge in [0.25, 0.3) is 5.91 Å². The van der Waals surface area contributed by atoms with Gasteiger partial charge in [-0.1, -0.05) is 6.07 Å². The maximum Gasteiger partial charge on any atom is 0.252 e. The van der Waals surface area contributed by atoms with E-state index in [9.17, 15) is 14.3 Å². The Morgan fingerprint density at radius 2 is 2.10 bits per heavy atom. The van der Waals surface area contributed by atoms with Gasteiger partial charge in [0.1, 0.15) is 17.0 Å². The smallest absolute Gasteiger partial charge is 0.252 e. The van der Waals surface area contributed by atoms with Crippen molar-refractivity contribution in [3.05, 3.63) is 65.5 Å². The fourth-order valence-corrected chi connectivity index (χ4v) is 4.86. The van der Waals surface area contributed by atoms with Crippen LogP contribution >= 0.6 is 0 Å². The molecule has 2 unspecified atom stereocenters. The van der Waals surface area contributed by atoms with Crippen LogP contribution < -0.4 is 21.5 Å². The summed E-state index contributed by atoms with van der Waals surface area (Å²) in [6, 6.07) is 7.32. The number of hydrogen-bond donors (Lipinski definition) is 5. The number of rotatable bonds is 7. The standard InChI is InChI=1S/C27H35FN8O3/c1-16-9-21(32-22(10-16)33-23-11-17(2)34-35-23)27(38)8-7-26(4,39-15-27)25(37)31-18(3)19-5-6-24(29-12-19)36-14-20(28)13-30-36/h5-6,9-10,12-14,17-18,23,34-35,38H,7-8,11,15H2,1-4H3,(H,31,37)(H,32,33)/t17?,18-,23?,26-,27-/m0/s1. The first kappa shape index (κ1) is 27.1. The third-order valence-electron chi connectivity index (χ3n) is 7.39. The zero-order valence-corrected chi connectivity index (χ0v) is 22.5. The van der Waals surface area contributed by atoms with Crippen LogP contribution in [-0.4, -0.2) is 55.2 Å². The Hall–Kier alpha value is -3.45. The lowest BCUT2D eigenvalue weighted by Gasteiger charge is -2.41. The van der Waals surface area contributed by atoms with Crippen LogP contribution in [0.15, 0.2) is 42.9 Å². The predicted octanol–water partition coefficient (Wildman–Crippen LogP) is 2.37. The first-order valence-electron chi connectivity index (χ1n) is 13.1. The Labute approximate surface area is 226 Å². The Morgan fingerprint density at radius 1 is 1.28 bits per heavy atom. The normalized spacial score (nSPS) is 27.7. The number of aromatic nitrogens is 4. The Balaban J connectivity index is 1.21. The summed E-state index contributed by atoms with van der Waals surface area (Å²) in [5.74, 6) is 0.419. The van der Waals surface area contributed by atoms with Crippen LogP contribution in [0.4, 0.5) is 10.2 Å². The van der Waals surface area contributed by atoms with E-state index >= 15 is 0 Å². The molecule has 12 heteroatoms. The van der Waals surface area contributed by atoms with E-state index < -0.39 is 17.0 Å². The lowest BCUT2D eigenvalue weighted by molar-refractivity contribution is -0.181. The highest BCUT2D eigenvalue weighted by molar-refractivity contribution is 5.85. The topological polar surface area (TPSA) is 138 Å². The van der Waals surface area contributed by atoms with Crippen LogP contribution in [0.3, 0.4) is 0 Å². The van der Waals surface area contributed by atoms with Crippen LogP contribution in [0.25, 0.3) is 5.82 Å². The van der Waals surface area contributed by atoms with Crippen molar-refractivity contribution in [1.29, 1.82) is 0 Å². The molecule has 3 aromatic heterocycles. The number of aryl methyl sites for hydroxylation is 1. The SMILES string of the molecule is Cc1cc(NC2CC(C)NN2)nc([C@]2(O)CC[C@@](C)(C(=O)N[C@@H](C)c3ccc(-n4cc(F)cn4)nc3)OC2)c1. The van der Waals surface area contributed by atoms with E-state index in [1.807, 2.05) is 32.0 Å². The van der Waals surface area contributed by atoms with Gasteiger partial charge in [-0.05, 0) is 76.3 Å². The number of pyridine rings is 2. The molecule has 5 heterocycles. The summed E-state index contributed by atoms with van der Waals surface area (Å²) in [6.45, 7) is 7.58. The summed E-state index contributed by atoms with van der Waals surface area (Å²) < 4.78 is 20.6. The molecule has 5 N–H and O–H groups in total. The van der Waals surface area contributed by atoms with E-state index in [0.29, 0.717) is 36.2 Å². The van der Waals surface area contributed by atoms with Gasteiger partial charge in [0.15, 0.2) is 11.6 Å². The van der Waals surface area contributed by atoms with E-state index in [1.54, 1.807) is 19.2 Å². The number of aliphatic hydroxyl groups is 1. The number of halogens is 1. The summed E-state index contributed by atoms with van der Waals surface area (Å²) in [5, 5.41) is 21.7. The van der Waals surface area contributed by atoms with Crippen LogP contribution in [0, 0.1) is 12.7 Å². The minimum Gasteiger partial charge on any atom is -0.381 e. The number of amides is 1. The number of ether oxygens (including phenoxy) is 1. The number of nitrogens with one attached hydrogen (secondary N) is 4. The van der Waals surface area contributed by atoms with Crippen molar-refractivity contribution in [3.8, 4) is 5.82 Å². The van der Waals surface area contributed by atoms with Crippen molar-refractivity contribution in [3.63, 3.8) is 0 Å². The molecule has 39 heavy (non-hydrogen) atoms.